The predicted molar refractivity (Wildman–Crippen MR) is 48.4 cm³/mol. The summed E-state index contributed by atoms with van der Waals surface area (Å²) in [5.74, 6) is 0.759. The van der Waals surface area contributed by atoms with Crippen LogP contribution < -0.4 is 0 Å². The van der Waals surface area contributed by atoms with Crippen molar-refractivity contribution < 1.29 is 5.02 Å². The van der Waals surface area contributed by atoms with Gasteiger partial charge in [0.05, 0.1) is 0 Å². The first-order valence-corrected chi connectivity index (χ1v) is 4.59. The molecule has 1 heterocycles. The molecule has 0 aliphatic carbocycles. The topological polar surface area (TPSA) is 23.5 Å². The van der Waals surface area contributed by atoms with Crippen molar-refractivity contribution in [1.29, 1.82) is 0 Å². The second-order valence-corrected chi connectivity index (χ2v) is 3.73. The van der Waals surface area contributed by atoms with Crippen LogP contribution in [0.1, 0.15) is 26.7 Å². The maximum atomic E-state index is 9.40. The van der Waals surface area contributed by atoms with Crippen LogP contribution in [0.25, 0.3) is 0 Å². The summed E-state index contributed by atoms with van der Waals surface area (Å²) in [6.07, 6.45) is 2.41. The van der Waals surface area contributed by atoms with E-state index in [1.165, 1.54) is 6.42 Å². The van der Waals surface area contributed by atoms with Crippen molar-refractivity contribution in [3.8, 4) is 0 Å². The van der Waals surface area contributed by atoms with Gasteiger partial charge in [0.25, 0.3) is 0 Å². The lowest BCUT2D eigenvalue weighted by molar-refractivity contribution is 0.337. The molecule has 1 N–H and O–H groups in total. The van der Waals surface area contributed by atoms with Crippen molar-refractivity contribution in [2.24, 2.45) is 5.92 Å². The van der Waals surface area contributed by atoms with Crippen LogP contribution in [-0.2, 0) is 0 Å². The summed E-state index contributed by atoms with van der Waals surface area (Å²) < 4.78 is 0. The summed E-state index contributed by atoms with van der Waals surface area (Å²) >= 11 is 0. The van der Waals surface area contributed by atoms with Crippen molar-refractivity contribution in [2.75, 3.05) is 6.54 Å². The molecule has 0 aromatic rings. The highest BCUT2D eigenvalue weighted by Gasteiger charge is 2.32. The Morgan fingerprint density at radius 2 is 2.27 bits per heavy atom. The molecule has 2 atom stereocenters. The standard InChI is InChI=1S/C8H18BNO/c1-4-8-5-7(2)6-10(8)9(3)11/h7-8,11H,4-6H2,1-3H3/t7-,8+/m0/s1. The Hall–Kier alpha value is -0.0151. The van der Waals surface area contributed by atoms with Crippen molar-refractivity contribution in [2.45, 2.75) is 39.6 Å². The number of rotatable bonds is 2. The zero-order chi connectivity index (χ0) is 8.43. The van der Waals surface area contributed by atoms with Crippen molar-refractivity contribution in [3.05, 3.63) is 0 Å². The predicted octanol–water partition coefficient (Wildman–Crippen LogP) is 1.22. The Morgan fingerprint density at radius 1 is 1.64 bits per heavy atom. The fourth-order valence-electron chi connectivity index (χ4n) is 2.04. The number of hydrogen-bond acceptors (Lipinski definition) is 2. The molecule has 0 aromatic carbocycles. The Morgan fingerprint density at radius 3 is 2.64 bits per heavy atom. The zero-order valence-corrected chi connectivity index (χ0v) is 7.75. The summed E-state index contributed by atoms with van der Waals surface area (Å²) in [4.78, 5) is 2.20. The minimum Gasteiger partial charge on any atom is -0.437 e. The smallest absolute Gasteiger partial charge is 0.376 e. The van der Waals surface area contributed by atoms with Gasteiger partial charge in [-0.1, -0.05) is 13.8 Å². The minimum absolute atomic E-state index is 0.259. The van der Waals surface area contributed by atoms with E-state index in [9.17, 15) is 5.02 Å². The zero-order valence-electron chi connectivity index (χ0n) is 7.75. The largest absolute Gasteiger partial charge is 0.437 e. The lowest BCUT2D eigenvalue weighted by atomic mass is 9.84. The monoisotopic (exact) mass is 155 g/mol. The first-order chi connectivity index (χ1) is 5.15. The quantitative estimate of drug-likeness (QED) is 0.606. The average Bonchev–Trinajstić information content (AvgIpc) is 2.30. The molecule has 1 fully saturated rings. The van der Waals surface area contributed by atoms with Gasteiger partial charge in [0.2, 0.25) is 0 Å². The second kappa shape index (κ2) is 3.59. The highest BCUT2D eigenvalue weighted by Crippen LogP contribution is 2.24. The summed E-state index contributed by atoms with van der Waals surface area (Å²) in [6, 6.07) is 0.616. The third-order valence-electron chi connectivity index (χ3n) is 2.62. The Bertz CT molecular complexity index is 129. The van der Waals surface area contributed by atoms with Crippen LogP contribution in [0.15, 0.2) is 0 Å². The lowest BCUT2D eigenvalue weighted by Crippen LogP contribution is -2.40. The molecule has 1 rings (SSSR count). The van der Waals surface area contributed by atoms with Gasteiger partial charge in [0, 0.05) is 6.04 Å². The van der Waals surface area contributed by atoms with Crippen LogP contribution in [-0.4, -0.2) is 29.5 Å². The van der Waals surface area contributed by atoms with E-state index in [1.54, 1.807) is 0 Å². The molecule has 1 aliphatic rings. The Balaban J connectivity index is 2.50. The first kappa shape index (κ1) is 9.08. The normalized spacial score (nSPS) is 32.7. The summed E-state index contributed by atoms with van der Waals surface area (Å²) in [5, 5.41) is 9.40. The molecular formula is C8H18BNO. The van der Waals surface area contributed by atoms with Crippen molar-refractivity contribution in [3.63, 3.8) is 0 Å². The summed E-state index contributed by atoms with van der Waals surface area (Å²) in [6.45, 7) is 7.38. The maximum absolute atomic E-state index is 9.40. The fourth-order valence-corrected chi connectivity index (χ4v) is 2.04. The van der Waals surface area contributed by atoms with Crippen LogP contribution in [0, 0.1) is 5.92 Å². The highest BCUT2D eigenvalue weighted by molar-refractivity contribution is 6.45. The third-order valence-corrected chi connectivity index (χ3v) is 2.62. The van der Waals surface area contributed by atoms with Gasteiger partial charge in [-0.15, -0.1) is 0 Å². The van der Waals surface area contributed by atoms with E-state index < -0.39 is 0 Å². The van der Waals surface area contributed by atoms with Gasteiger partial charge in [-0.2, -0.15) is 0 Å². The fraction of sp³-hybridized carbons (Fsp3) is 1.00. The molecule has 2 nitrogen and oxygen atoms in total. The SMILES string of the molecule is CC[C@@H]1C[C@H](C)CN1B(C)O. The van der Waals surface area contributed by atoms with Gasteiger partial charge in [-0.05, 0) is 32.1 Å². The van der Waals surface area contributed by atoms with Gasteiger partial charge < -0.3 is 9.83 Å². The van der Waals surface area contributed by atoms with Crippen LogP contribution >= 0.6 is 0 Å². The third kappa shape index (κ3) is 1.97. The molecule has 0 aromatic heterocycles. The maximum Gasteiger partial charge on any atom is 0.376 e. The Labute approximate surface area is 69.7 Å². The van der Waals surface area contributed by atoms with Crippen LogP contribution in [0.4, 0.5) is 0 Å². The first-order valence-electron chi connectivity index (χ1n) is 4.59. The van der Waals surface area contributed by atoms with Crippen molar-refractivity contribution >= 4 is 7.05 Å². The van der Waals surface area contributed by atoms with E-state index >= 15 is 0 Å². The number of nitrogens with zero attached hydrogens (tertiary/aromatic N) is 1. The number of hydrogen-bond donors (Lipinski definition) is 1. The molecule has 11 heavy (non-hydrogen) atoms. The molecule has 0 spiro atoms. The van der Waals surface area contributed by atoms with Gasteiger partial charge >= 0.3 is 7.05 Å². The summed E-state index contributed by atoms with van der Waals surface area (Å²) in [7, 11) is -0.259. The van der Waals surface area contributed by atoms with Crippen LogP contribution in [0.5, 0.6) is 0 Å². The van der Waals surface area contributed by atoms with E-state index in [1.807, 2.05) is 6.82 Å². The molecule has 0 bridgehead atoms. The molecule has 1 aliphatic heterocycles. The van der Waals surface area contributed by atoms with Gasteiger partial charge in [0.1, 0.15) is 0 Å². The molecule has 64 valence electrons. The molecule has 1 saturated heterocycles. The van der Waals surface area contributed by atoms with Crippen LogP contribution in [0.3, 0.4) is 0 Å². The second-order valence-electron chi connectivity index (χ2n) is 3.73. The molecule has 0 unspecified atom stereocenters. The molecule has 0 amide bonds. The van der Waals surface area contributed by atoms with E-state index in [0.29, 0.717) is 6.04 Å². The van der Waals surface area contributed by atoms with Crippen LogP contribution in [0.2, 0.25) is 6.82 Å². The minimum atomic E-state index is -0.259. The van der Waals surface area contributed by atoms with Gasteiger partial charge in [0.15, 0.2) is 0 Å². The molecule has 3 heteroatoms. The Kier molecular flexibility index (Phi) is 2.96. The van der Waals surface area contributed by atoms with E-state index in [0.717, 1.165) is 18.9 Å². The molecule has 0 radical (unpaired) electrons. The van der Waals surface area contributed by atoms with Gasteiger partial charge in [-0.25, -0.2) is 0 Å². The average molecular weight is 155 g/mol. The van der Waals surface area contributed by atoms with E-state index in [4.69, 9.17) is 0 Å². The van der Waals surface area contributed by atoms with E-state index in [-0.39, 0.29) is 7.05 Å². The van der Waals surface area contributed by atoms with Gasteiger partial charge in [-0.3, -0.25) is 0 Å². The highest BCUT2D eigenvalue weighted by atomic mass is 16.2. The summed E-state index contributed by atoms with van der Waals surface area (Å²) in [5.41, 5.74) is 0. The molecule has 0 saturated carbocycles. The van der Waals surface area contributed by atoms with E-state index in [2.05, 4.69) is 18.7 Å². The lowest BCUT2D eigenvalue weighted by Gasteiger charge is -2.23. The van der Waals surface area contributed by atoms with Crippen molar-refractivity contribution in [1.82, 2.24) is 4.81 Å². The molecular weight excluding hydrogens is 137 g/mol.